The van der Waals surface area contributed by atoms with Gasteiger partial charge in [0, 0.05) is 6.26 Å². The van der Waals surface area contributed by atoms with E-state index in [4.69, 9.17) is 18.0 Å². The maximum absolute atomic E-state index is 12.0. The number of hydrogen-bond acceptors (Lipinski definition) is 4. The van der Waals surface area contributed by atoms with Gasteiger partial charge in [-0.25, -0.2) is 8.42 Å². The molecule has 0 spiro atoms. The summed E-state index contributed by atoms with van der Waals surface area (Å²) in [5.41, 5.74) is 5.05. The molecule has 0 aromatic heterocycles. The average Bonchev–Trinajstić information content (AvgIpc) is 2.29. The van der Waals surface area contributed by atoms with Crippen molar-refractivity contribution in [3.05, 3.63) is 0 Å². The summed E-state index contributed by atoms with van der Waals surface area (Å²) >= 11 is 5.08. The first-order valence-electron chi connectivity index (χ1n) is 6.39. The molecule has 7 heteroatoms. The third kappa shape index (κ3) is 3.89. The van der Waals surface area contributed by atoms with Crippen LogP contribution in [-0.4, -0.2) is 36.4 Å². The smallest absolute Gasteiger partial charge is 0.238 e. The molecule has 3 N–H and O–H groups in total. The molecule has 1 aliphatic rings. The minimum absolute atomic E-state index is 0.244. The van der Waals surface area contributed by atoms with Gasteiger partial charge in [0.1, 0.15) is 5.25 Å². The van der Waals surface area contributed by atoms with E-state index < -0.39 is 26.5 Å². The number of nitrogens with one attached hydrogen (secondary N) is 1. The fraction of sp³-hybridized carbons (Fsp3) is 0.833. The minimum Gasteiger partial charge on any atom is -0.391 e. The Balaban J connectivity index is 2.86. The van der Waals surface area contributed by atoms with E-state index in [2.05, 4.69) is 12.2 Å². The minimum atomic E-state index is -3.41. The van der Waals surface area contributed by atoms with Crippen molar-refractivity contribution in [2.45, 2.75) is 50.3 Å². The Morgan fingerprint density at radius 1 is 1.42 bits per heavy atom. The number of amides is 1. The van der Waals surface area contributed by atoms with Crippen molar-refractivity contribution in [1.29, 1.82) is 0 Å². The summed E-state index contributed by atoms with van der Waals surface area (Å²) in [6.45, 7) is 3.52. The van der Waals surface area contributed by atoms with E-state index in [0.29, 0.717) is 18.8 Å². The second kappa shape index (κ2) is 5.75. The van der Waals surface area contributed by atoms with Crippen LogP contribution in [0.5, 0.6) is 0 Å². The molecule has 1 amide bonds. The van der Waals surface area contributed by atoms with Crippen molar-refractivity contribution in [3.8, 4) is 0 Å². The van der Waals surface area contributed by atoms with Crippen molar-refractivity contribution < 1.29 is 13.2 Å². The summed E-state index contributed by atoms with van der Waals surface area (Å²) in [7, 11) is -3.41. The molecule has 0 aromatic rings. The number of carbonyl (C=O) groups excluding carboxylic acids is 1. The number of carbonyl (C=O) groups is 1. The lowest BCUT2D eigenvalue weighted by molar-refractivity contribution is -0.122. The maximum Gasteiger partial charge on any atom is 0.238 e. The first kappa shape index (κ1) is 16.4. The van der Waals surface area contributed by atoms with Crippen LogP contribution in [0.2, 0.25) is 0 Å². The van der Waals surface area contributed by atoms with Crippen molar-refractivity contribution in [2.75, 3.05) is 6.26 Å². The van der Waals surface area contributed by atoms with Crippen molar-refractivity contribution in [1.82, 2.24) is 5.32 Å². The normalized spacial score (nSPS) is 29.5. The fourth-order valence-electron chi connectivity index (χ4n) is 2.22. The molecule has 1 saturated carbocycles. The van der Waals surface area contributed by atoms with E-state index >= 15 is 0 Å². The van der Waals surface area contributed by atoms with Gasteiger partial charge in [-0.05, 0) is 38.5 Å². The predicted octanol–water partition coefficient (Wildman–Crippen LogP) is 0.771. The first-order valence-corrected chi connectivity index (χ1v) is 8.75. The van der Waals surface area contributed by atoms with Gasteiger partial charge in [-0.15, -0.1) is 0 Å². The van der Waals surface area contributed by atoms with Gasteiger partial charge in [-0.2, -0.15) is 0 Å². The van der Waals surface area contributed by atoms with Gasteiger partial charge in [0.25, 0.3) is 0 Å². The highest BCUT2D eigenvalue weighted by atomic mass is 32.2. The summed E-state index contributed by atoms with van der Waals surface area (Å²) in [4.78, 5) is 12.3. The van der Waals surface area contributed by atoms with Gasteiger partial charge in [0.2, 0.25) is 5.91 Å². The molecule has 1 unspecified atom stereocenters. The lowest BCUT2D eigenvalue weighted by Gasteiger charge is -2.39. The highest BCUT2D eigenvalue weighted by molar-refractivity contribution is 7.92. The molecule has 19 heavy (non-hydrogen) atoms. The lowest BCUT2D eigenvalue weighted by Crippen LogP contribution is -2.60. The largest absolute Gasteiger partial charge is 0.391 e. The average molecular weight is 306 g/mol. The van der Waals surface area contributed by atoms with Crippen molar-refractivity contribution in [2.24, 2.45) is 11.7 Å². The number of hydrogen-bond donors (Lipinski definition) is 2. The van der Waals surface area contributed by atoms with Gasteiger partial charge in [0.05, 0.1) is 10.5 Å². The number of thiocarbonyl (C=S) groups is 1. The highest BCUT2D eigenvalue weighted by Crippen LogP contribution is 2.32. The van der Waals surface area contributed by atoms with Crippen LogP contribution in [0.25, 0.3) is 0 Å². The Morgan fingerprint density at radius 3 is 2.26 bits per heavy atom. The summed E-state index contributed by atoms with van der Waals surface area (Å²) in [5, 5.41) is 1.69. The molecule has 0 heterocycles. The molecule has 110 valence electrons. The lowest BCUT2D eigenvalue weighted by atomic mass is 9.77. The van der Waals surface area contributed by atoms with Crippen LogP contribution in [0.4, 0.5) is 0 Å². The Bertz CT molecular complexity index is 465. The predicted molar refractivity (Wildman–Crippen MR) is 79.6 cm³/mol. The molecular formula is C12H22N2O3S2. The van der Waals surface area contributed by atoms with E-state index in [1.165, 1.54) is 6.92 Å². The summed E-state index contributed by atoms with van der Waals surface area (Å²) in [6.07, 6.45) is 4.24. The van der Waals surface area contributed by atoms with E-state index in [1.807, 2.05) is 0 Å². The van der Waals surface area contributed by atoms with Gasteiger partial charge < -0.3 is 11.1 Å². The van der Waals surface area contributed by atoms with Gasteiger partial charge in [-0.3, -0.25) is 4.79 Å². The van der Waals surface area contributed by atoms with Crippen LogP contribution in [-0.2, 0) is 14.6 Å². The zero-order chi connectivity index (χ0) is 14.8. The topological polar surface area (TPSA) is 89.3 Å². The quantitative estimate of drug-likeness (QED) is 0.749. The van der Waals surface area contributed by atoms with Crippen LogP contribution in [0.3, 0.4) is 0 Å². The standard InChI is InChI=1S/C12H22N2O3S2/c1-8-4-6-12(7-5-8,11(13)18)14-10(15)9(2)19(3,16)17/h8-9H,4-7H2,1-3H3,(H2,13,18)(H,14,15). The van der Waals surface area contributed by atoms with E-state index in [-0.39, 0.29) is 4.99 Å². The SMILES string of the molecule is CC1CCC(NC(=O)C(C)S(C)(=O)=O)(C(N)=S)CC1. The molecule has 0 radical (unpaired) electrons. The molecule has 0 bridgehead atoms. The summed E-state index contributed by atoms with van der Waals surface area (Å²) in [5.74, 6) is 0.0524. The molecule has 0 aliphatic heterocycles. The van der Waals surface area contributed by atoms with Gasteiger partial charge >= 0.3 is 0 Å². The number of nitrogens with two attached hydrogens (primary N) is 1. The Morgan fingerprint density at radius 2 is 1.89 bits per heavy atom. The Labute approximate surface area is 120 Å². The van der Waals surface area contributed by atoms with E-state index in [0.717, 1.165) is 19.1 Å². The van der Waals surface area contributed by atoms with Crippen LogP contribution in [0.15, 0.2) is 0 Å². The Kier molecular flexibility index (Phi) is 4.95. The van der Waals surface area contributed by atoms with E-state index in [9.17, 15) is 13.2 Å². The van der Waals surface area contributed by atoms with Gasteiger partial charge in [0.15, 0.2) is 9.84 Å². The monoisotopic (exact) mass is 306 g/mol. The first-order chi connectivity index (χ1) is 8.58. The Hall–Kier alpha value is -0.690. The van der Waals surface area contributed by atoms with Crippen molar-refractivity contribution in [3.63, 3.8) is 0 Å². The zero-order valence-electron chi connectivity index (χ0n) is 11.6. The molecule has 1 rings (SSSR count). The van der Waals surface area contributed by atoms with Crippen LogP contribution in [0.1, 0.15) is 39.5 Å². The molecule has 0 aromatic carbocycles. The molecule has 0 saturated heterocycles. The fourth-order valence-corrected chi connectivity index (χ4v) is 2.92. The highest BCUT2D eigenvalue weighted by Gasteiger charge is 2.40. The van der Waals surface area contributed by atoms with Crippen LogP contribution >= 0.6 is 12.2 Å². The number of sulfone groups is 1. The van der Waals surface area contributed by atoms with Crippen molar-refractivity contribution >= 4 is 33.0 Å². The van der Waals surface area contributed by atoms with Crippen LogP contribution < -0.4 is 11.1 Å². The zero-order valence-corrected chi connectivity index (χ0v) is 13.2. The molecular weight excluding hydrogens is 284 g/mol. The molecule has 1 aliphatic carbocycles. The summed E-state index contributed by atoms with van der Waals surface area (Å²) in [6, 6.07) is 0. The van der Waals surface area contributed by atoms with E-state index in [1.54, 1.807) is 0 Å². The summed E-state index contributed by atoms with van der Waals surface area (Å²) < 4.78 is 22.8. The molecule has 5 nitrogen and oxygen atoms in total. The molecule has 1 fully saturated rings. The third-order valence-electron chi connectivity index (χ3n) is 3.97. The van der Waals surface area contributed by atoms with Gasteiger partial charge in [-0.1, -0.05) is 19.1 Å². The third-order valence-corrected chi connectivity index (χ3v) is 5.86. The number of rotatable bonds is 4. The van der Waals surface area contributed by atoms with Crippen LogP contribution in [0, 0.1) is 5.92 Å². The molecule has 1 atom stereocenters. The maximum atomic E-state index is 12.0. The second-order valence-corrected chi connectivity index (χ2v) is 8.40. The second-order valence-electron chi connectivity index (χ2n) is 5.59.